The van der Waals surface area contributed by atoms with E-state index < -0.39 is 5.41 Å². The quantitative estimate of drug-likeness (QED) is 0.733. The second kappa shape index (κ2) is 2.82. The third-order valence-corrected chi connectivity index (χ3v) is 3.79. The molecule has 0 spiro atoms. The summed E-state index contributed by atoms with van der Waals surface area (Å²) in [6, 6.07) is 4.70. The van der Waals surface area contributed by atoms with Crippen molar-refractivity contribution in [3.63, 3.8) is 0 Å². The molecular formula is C11H8BrFO2. The van der Waals surface area contributed by atoms with Gasteiger partial charge in [-0.25, -0.2) is 4.39 Å². The van der Waals surface area contributed by atoms with E-state index in [9.17, 15) is 9.18 Å². The molecule has 1 saturated carbocycles. The average Bonchev–Trinajstić information content (AvgIpc) is 2.87. The molecule has 0 radical (unpaired) electrons. The van der Waals surface area contributed by atoms with E-state index in [-0.39, 0.29) is 17.7 Å². The lowest BCUT2D eigenvalue weighted by Crippen LogP contribution is -2.20. The molecule has 1 aliphatic carbocycles. The van der Waals surface area contributed by atoms with E-state index in [4.69, 9.17) is 4.74 Å². The minimum Gasteiger partial charge on any atom is -0.465 e. The number of carbonyl (C=O) groups is 1. The van der Waals surface area contributed by atoms with Gasteiger partial charge in [0, 0.05) is 16.0 Å². The molecule has 1 aromatic rings. The normalized spacial score (nSPS) is 32.4. The zero-order valence-electron chi connectivity index (χ0n) is 7.80. The van der Waals surface area contributed by atoms with Crippen LogP contribution in [0.1, 0.15) is 12.0 Å². The average molecular weight is 271 g/mol. The molecule has 1 saturated heterocycles. The highest BCUT2D eigenvalue weighted by molar-refractivity contribution is 9.10. The van der Waals surface area contributed by atoms with Gasteiger partial charge in [-0.3, -0.25) is 4.79 Å². The van der Waals surface area contributed by atoms with Crippen molar-refractivity contribution < 1.29 is 13.9 Å². The summed E-state index contributed by atoms with van der Waals surface area (Å²) in [6.07, 6.45) is 0.721. The first-order chi connectivity index (χ1) is 7.14. The number of hydrogen-bond donors (Lipinski definition) is 0. The molecule has 1 heterocycles. The maximum absolute atomic E-state index is 13.6. The molecule has 2 atom stereocenters. The number of fused-ring (bicyclic) bond motifs is 1. The molecule has 1 aromatic carbocycles. The summed E-state index contributed by atoms with van der Waals surface area (Å²) in [5.74, 6) is -0.419. The number of halogens is 2. The van der Waals surface area contributed by atoms with Crippen molar-refractivity contribution in [3.05, 3.63) is 34.1 Å². The molecule has 78 valence electrons. The number of cyclic esters (lactones) is 1. The number of hydrogen-bond acceptors (Lipinski definition) is 2. The van der Waals surface area contributed by atoms with Crippen LogP contribution in [-0.4, -0.2) is 12.6 Å². The van der Waals surface area contributed by atoms with Gasteiger partial charge in [0.1, 0.15) is 11.2 Å². The van der Waals surface area contributed by atoms with E-state index in [2.05, 4.69) is 15.9 Å². The van der Waals surface area contributed by atoms with Gasteiger partial charge in [-0.2, -0.15) is 0 Å². The summed E-state index contributed by atoms with van der Waals surface area (Å²) < 4.78 is 19.4. The highest BCUT2D eigenvalue weighted by atomic mass is 79.9. The molecule has 0 aromatic heterocycles. The Hall–Kier alpha value is -0.900. The second-order valence-corrected chi connectivity index (χ2v) is 5.01. The zero-order valence-corrected chi connectivity index (χ0v) is 9.38. The number of ether oxygens (including phenoxy) is 1. The molecule has 15 heavy (non-hydrogen) atoms. The van der Waals surface area contributed by atoms with Gasteiger partial charge in [0.2, 0.25) is 0 Å². The van der Waals surface area contributed by atoms with Crippen molar-refractivity contribution in [3.8, 4) is 0 Å². The van der Waals surface area contributed by atoms with Crippen molar-refractivity contribution in [2.45, 2.75) is 11.8 Å². The summed E-state index contributed by atoms with van der Waals surface area (Å²) in [6.45, 7) is 0.435. The number of carbonyl (C=O) groups excluding carboxylic acids is 1. The number of benzene rings is 1. The first kappa shape index (κ1) is 9.33. The molecule has 0 N–H and O–H groups in total. The van der Waals surface area contributed by atoms with E-state index in [0.29, 0.717) is 12.2 Å². The van der Waals surface area contributed by atoms with E-state index in [1.54, 1.807) is 12.1 Å². The van der Waals surface area contributed by atoms with Crippen LogP contribution in [0.5, 0.6) is 0 Å². The fourth-order valence-electron chi connectivity index (χ4n) is 2.37. The third-order valence-electron chi connectivity index (χ3n) is 3.29. The van der Waals surface area contributed by atoms with Crippen molar-refractivity contribution >= 4 is 21.9 Å². The van der Waals surface area contributed by atoms with E-state index in [0.717, 1.165) is 10.9 Å². The molecule has 1 aliphatic heterocycles. The first-order valence-corrected chi connectivity index (χ1v) is 5.56. The Labute approximate surface area is 94.6 Å². The lowest BCUT2D eigenvalue weighted by molar-refractivity contribution is -0.142. The maximum Gasteiger partial charge on any atom is 0.317 e. The van der Waals surface area contributed by atoms with Crippen LogP contribution in [0.4, 0.5) is 4.39 Å². The van der Waals surface area contributed by atoms with Crippen LogP contribution in [0.25, 0.3) is 0 Å². The highest BCUT2D eigenvalue weighted by Crippen LogP contribution is 2.59. The van der Waals surface area contributed by atoms with Crippen LogP contribution in [0.3, 0.4) is 0 Å². The van der Waals surface area contributed by atoms with Gasteiger partial charge < -0.3 is 4.74 Å². The molecule has 2 aliphatic rings. The summed E-state index contributed by atoms with van der Waals surface area (Å²) in [5, 5.41) is 0. The Morgan fingerprint density at radius 1 is 1.53 bits per heavy atom. The van der Waals surface area contributed by atoms with Gasteiger partial charge in [0.05, 0.1) is 6.61 Å². The third kappa shape index (κ3) is 1.11. The minimum atomic E-state index is -0.673. The SMILES string of the molecule is O=C1OCC2CC12c1cc(Br)ccc1F. The monoisotopic (exact) mass is 270 g/mol. The van der Waals surface area contributed by atoms with Gasteiger partial charge >= 0.3 is 5.97 Å². The van der Waals surface area contributed by atoms with Gasteiger partial charge in [-0.1, -0.05) is 15.9 Å². The van der Waals surface area contributed by atoms with Gasteiger partial charge in [-0.05, 0) is 24.6 Å². The van der Waals surface area contributed by atoms with Crippen molar-refractivity contribution in [2.75, 3.05) is 6.61 Å². The van der Waals surface area contributed by atoms with Gasteiger partial charge in [0.25, 0.3) is 0 Å². The molecule has 2 nitrogen and oxygen atoms in total. The number of rotatable bonds is 1. The van der Waals surface area contributed by atoms with E-state index >= 15 is 0 Å². The van der Waals surface area contributed by atoms with Crippen LogP contribution in [0.2, 0.25) is 0 Å². The Bertz CT molecular complexity index is 460. The van der Waals surface area contributed by atoms with Crippen molar-refractivity contribution in [2.24, 2.45) is 5.92 Å². The fraction of sp³-hybridized carbons (Fsp3) is 0.364. The lowest BCUT2D eigenvalue weighted by Gasteiger charge is -2.11. The maximum atomic E-state index is 13.6. The van der Waals surface area contributed by atoms with Crippen LogP contribution in [0, 0.1) is 11.7 Å². The standard InChI is InChI=1S/C11H8BrFO2/c12-7-1-2-9(13)8(3-7)11-4-6(11)5-15-10(11)14/h1-3,6H,4-5H2. The van der Waals surface area contributed by atoms with Crippen LogP contribution >= 0.6 is 15.9 Å². The summed E-state index contributed by atoms with van der Waals surface area (Å²) >= 11 is 3.29. The zero-order chi connectivity index (χ0) is 10.6. The summed E-state index contributed by atoms with van der Waals surface area (Å²) in [4.78, 5) is 11.6. The lowest BCUT2D eigenvalue weighted by atomic mass is 9.94. The Balaban J connectivity index is 2.14. The largest absolute Gasteiger partial charge is 0.465 e. The molecule has 4 heteroatoms. The van der Waals surface area contributed by atoms with Crippen LogP contribution < -0.4 is 0 Å². The van der Waals surface area contributed by atoms with E-state index in [1.165, 1.54) is 6.07 Å². The predicted octanol–water partition coefficient (Wildman–Crippen LogP) is 2.40. The Kier molecular flexibility index (Phi) is 1.75. The van der Waals surface area contributed by atoms with Gasteiger partial charge in [-0.15, -0.1) is 0 Å². The fourth-order valence-corrected chi connectivity index (χ4v) is 2.73. The number of esters is 1. The van der Waals surface area contributed by atoms with E-state index in [1.807, 2.05) is 0 Å². The van der Waals surface area contributed by atoms with Crippen LogP contribution in [-0.2, 0) is 14.9 Å². The predicted molar refractivity (Wildman–Crippen MR) is 54.8 cm³/mol. The first-order valence-electron chi connectivity index (χ1n) is 4.77. The second-order valence-electron chi connectivity index (χ2n) is 4.10. The van der Waals surface area contributed by atoms with Crippen molar-refractivity contribution in [1.82, 2.24) is 0 Å². The smallest absolute Gasteiger partial charge is 0.317 e. The van der Waals surface area contributed by atoms with Crippen molar-refractivity contribution in [1.29, 1.82) is 0 Å². The molecular weight excluding hydrogens is 263 g/mol. The molecule has 2 fully saturated rings. The van der Waals surface area contributed by atoms with Crippen LogP contribution in [0.15, 0.2) is 22.7 Å². The Morgan fingerprint density at radius 2 is 2.33 bits per heavy atom. The summed E-state index contributed by atoms with van der Waals surface area (Å²) in [5.41, 5.74) is -0.196. The van der Waals surface area contributed by atoms with Gasteiger partial charge in [0.15, 0.2) is 0 Å². The topological polar surface area (TPSA) is 26.3 Å². The molecule has 3 rings (SSSR count). The summed E-state index contributed by atoms with van der Waals surface area (Å²) in [7, 11) is 0. The highest BCUT2D eigenvalue weighted by Gasteiger charge is 2.67. The molecule has 0 bridgehead atoms. The molecule has 2 unspecified atom stereocenters. The minimum absolute atomic E-state index is 0.175. The molecule has 0 amide bonds. The Morgan fingerprint density at radius 3 is 2.93 bits per heavy atom.